The molecule has 2 aliphatic heterocycles. The monoisotopic (exact) mass is 343 g/mol. The summed E-state index contributed by atoms with van der Waals surface area (Å²) in [6.07, 6.45) is 10.6. The normalized spacial score (nSPS) is 30.0. The maximum atomic E-state index is 5.61. The lowest BCUT2D eigenvalue weighted by molar-refractivity contribution is 0.0209. The molecular weight excluding hydrogens is 314 g/mol. The van der Waals surface area contributed by atoms with E-state index < -0.39 is 0 Å². The van der Waals surface area contributed by atoms with Crippen molar-refractivity contribution in [1.82, 2.24) is 10.2 Å². The number of thiocarbonyl (C=S) groups is 1. The molecule has 0 aromatic heterocycles. The van der Waals surface area contributed by atoms with E-state index in [-0.39, 0.29) is 0 Å². The van der Waals surface area contributed by atoms with Gasteiger partial charge in [-0.15, -0.1) is 0 Å². The van der Waals surface area contributed by atoms with E-state index in [1.54, 1.807) is 0 Å². The molecule has 2 heterocycles. The number of anilines is 1. The van der Waals surface area contributed by atoms with Gasteiger partial charge < -0.3 is 10.6 Å². The minimum absolute atomic E-state index is 0.532. The Kier molecular flexibility index (Phi) is 4.77. The number of fused-ring (bicyclic) bond motifs is 2. The highest BCUT2D eigenvalue weighted by Crippen LogP contribution is 2.41. The Morgan fingerprint density at radius 2 is 1.79 bits per heavy atom. The maximum Gasteiger partial charge on any atom is 0.171 e. The molecule has 3 fully saturated rings. The molecule has 2 bridgehead atoms. The average Bonchev–Trinajstić information content (AvgIpc) is 3.39. The van der Waals surface area contributed by atoms with E-state index in [0.29, 0.717) is 6.04 Å². The van der Waals surface area contributed by atoms with Crippen LogP contribution in [-0.2, 0) is 6.42 Å². The third kappa shape index (κ3) is 3.45. The SMILES string of the molecule is CCc1ccccc1NC(=S)NC1C[C@H]2CCC[C@@H](C1)N2C1CC1. The number of benzene rings is 1. The van der Waals surface area contributed by atoms with Gasteiger partial charge in [-0.25, -0.2) is 0 Å². The van der Waals surface area contributed by atoms with Crippen molar-refractivity contribution in [2.24, 2.45) is 0 Å². The zero-order valence-electron chi connectivity index (χ0n) is 14.6. The lowest BCUT2D eigenvalue weighted by atomic mass is 9.81. The maximum absolute atomic E-state index is 5.61. The van der Waals surface area contributed by atoms with Crippen LogP contribution in [0.25, 0.3) is 0 Å². The Morgan fingerprint density at radius 1 is 1.08 bits per heavy atom. The molecule has 1 saturated carbocycles. The van der Waals surface area contributed by atoms with E-state index in [0.717, 1.165) is 35.3 Å². The van der Waals surface area contributed by atoms with Crippen LogP contribution in [0, 0.1) is 0 Å². The summed E-state index contributed by atoms with van der Waals surface area (Å²) < 4.78 is 0. The molecule has 4 rings (SSSR count). The number of rotatable bonds is 4. The third-order valence-electron chi connectivity index (χ3n) is 5.98. The van der Waals surface area contributed by atoms with Crippen LogP contribution in [0.15, 0.2) is 24.3 Å². The first-order valence-electron chi connectivity index (χ1n) is 9.67. The molecule has 0 amide bonds. The highest BCUT2D eigenvalue weighted by molar-refractivity contribution is 7.80. The van der Waals surface area contributed by atoms with Crippen LogP contribution in [0.1, 0.15) is 57.4 Å². The fourth-order valence-corrected chi connectivity index (χ4v) is 5.08. The van der Waals surface area contributed by atoms with E-state index in [9.17, 15) is 0 Å². The summed E-state index contributed by atoms with van der Waals surface area (Å²) in [6.45, 7) is 2.19. The molecule has 24 heavy (non-hydrogen) atoms. The molecule has 1 aromatic rings. The zero-order chi connectivity index (χ0) is 16.5. The number of aryl methyl sites for hydroxylation is 1. The highest BCUT2D eigenvalue weighted by atomic mass is 32.1. The van der Waals surface area contributed by atoms with E-state index in [2.05, 4.69) is 46.7 Å². The molecule has 1 aliphatic carbocycles. The standard InChI is InChI=1S/C20H29N3S/c1-2-14-6-3-4-9-19(14)22-20(24)21-15-12-17-7-5-8-18(13-15)23(17)16-10-11-16/h3-4,6,9,15-18H,2,5,7-8,10-13H2,1H3,(H2,21,22,24)/t15?,17-,18+. The molecule has 4 heteroatoms. The van der Waals surface area contributed by atoms with Crippen molar-refractivity contribution in [2.75, 3.05) is 5.32 Å². The smallest absolute Gasteiger partial charge is 0.171 e. The van der Waals surface area contributed by atoms with Crippen LogP contribution in [-0.4, -0.2) is 34.2 Å². The highest BCUT2D eigenvalue weighted by Gasteiger charge is 2.44. The number of hydrogen-bond acceptors (Lipinski definition) is 2. The molecule has 3 atom stereocenters. The van der Waals surface area contributed by atoms with Crippen molar-refractivity contribution in [3.05, 3.63) is 29.8 Å². The summed E-state index contributed by atoms with van der Waals surface area (Å²) >= 11 is 5.61. The van der Waals surface area contributed by atoms with Crippen molar-refractivity contribution in [1.29, 1.82) is 0 Å². The summed E-state index contributed by atoms with van der Waals surface area (Å²) in [5.41, 5.74) is 2.47. The van der Waals surface area contributed by atoms with Crippen molar-refractivity contribution in [3.63, 3.8) is 0 Å². The molecule has 3 nitrogen and oxygen atoms in total. The minimum atomic E-state index is 0.532. The van der Waals surface area contributed by atoms with Crippen molar-refractivity contribution >= 4 is 23.0 Å². The van der Waals surface area contributed by atoms with Gasteiger partial charge in [0.2, 0.25) is 0 Å². The Morgan fingerprint density at radius 3 is 2.46 bits per heavy atom. The van der Waals surface area contributed by atoms with E-state index in [4.69, 9.17) is 12.2 Å². The Labute approximate surface area is 151 Å². The molecule has 3 aliphatic rings. The van der Waals surface area contributed by atoms with Gasteiger partial charge >= 0.3 is 0 Å². The number of piperidine rings is 2. The van der Waals surface area contributed by atoms with Gasteiger partial charge in [0.15, 0.2) is 5.11 Å². The minimum Gasteiger partial charge on any atom is -0.360 e. The van der Waals surface area contributed by atoms with E-state index in [1.807, 2.05) is 0 Å². The first-order chi connectivity index (χ1) is 11.7. The van der Waals surface area contributed by atoms with Crippen LogP contribution < -0.4 is 10.6 Å². The van der Waals surface area contributed by atoms with Crippen LogP contribution in [0.4, 0.5) is 5.69 Å². The Balaban J connectivity index is 1.36. The van der Waals surface area contributed by atoms with Crippen LogP contribution >= 0.6 is 12.2 Å². The molecular formula is C20H29N3S. The molecule has 2 saturated heterocycles. The fourth-order valence-electron chi connectivity index (χ4n) is 4.80. The topological polar surface area (TPSA) is 27.3 Å². The second kappa shape index (κ2) is 7.01. The molecule has 1 aromatic carbocycles. The third-order valence-corrected chi connectivity index (χ3v) is 6.20. The van der Waals surface area contributed by atoms with Crippen LogP contribution in [0.2, 0.25) is 0 Å². The predicted molar refractivity (Wildman–Crippen MR) is 104 cm³/mol. The summed E-state index contributed by atoms with van der Waals surface area (Å²) in [7, 11) is 0. The largest absolute Gasteiger partial charge is 0.360 e. The van der Waals surface area contributed by atoms with Crippen LogP contribution in [0.5, 0.6) is 0 Å². The van der Waals surface area contributed by atoms with Crippen molar-refractivity contribution in [3.8, 4) is 0 Å². The van der Waals surface area contributed by atoms with Gasteiger partial charge in [-0.3, -0.25) is 4.90 Å². The van der Waals surface area contributed by atoms with Gasteiger partial charge in [0.05, 0.1) is 0 Å². The van der Waals surface area contributed by atoms with E-state index >= 15 is 0 Å². The summed E-state index contributed by atoms with van der Waals surface area (Å²) in [5.74, 6) is 0. The predicted octanol–water partition coefficient (Wildman–Crippen LogP) is 4.08. The van der Waals surface area contributed by atoms with Gasteiger partial charge in [0.1, 0.15) is 0 Å². The number of para-hydroxylation sites is 1. The lowest BCUT2D eigenvalue weighted by Gasteiger charge is -2.49. The second-order valence-corrected chi connectivity index (χ2v) is 8.10. The second-order valence-electron chi connectivity index (χ2n) is 7.69. The van der Waals surface area contributed by atoms with Gasteiger partial charge in [0.25, 0.3) is 0 Å². The van der Waals surface area contributed by atoms with Crippen molar-refractivity contribution < 1.29 is 0 Å². The van der Waals surface area contributed by atoms with Gasteiger partial charge in [-0.1, -0.05) is 31.5 Å². The van der Waals surface area contributed by atoms with Gasteiger partial charge in [0, 0.05) is 29.9 Å². The summed E-state index contributed by atoms with van der Waals surface area (Å²) in [5, 5.41) is 7.84. The quantitative estimate of drug-likeness (QED) is 0.806. The first kappa shape index (κ1) is 16.3. The number of hydrogen-bond donors (Lipinski definition) is 2. The Bertz CT molecular complexity index is 584. The van der Waals surface area contributed by atoms with Crippen molar-refractivity contribution in [2.45, 2.75) is 82.5 Å². The lowest BCUT2D eigenvalue weighted by Crippen LogP contribution is -2.58. The average molecular weight is 344 g/mol. The molecule has 130 valence electrons. The summed E-state index contributed by atoms with van der Waals surface area (Å²) in [4.78, 5) is 2.87. The molecule has 0 radical (unpaired) electrons. The number of nitrogens with one attached hydrogen (secondary N) is 2. The van der Waals surface area contributed by atoms with Gasteiger partial charge in [-0.2, -0.15) is 0 Å². The summed E-state index contributed by atoms with van der Waals surface area (Å²) in [6, 6.07) is 11.5. The fraction of sp³-hybridized carbons (Fsp3) is 0.650. The van der Waals surface area contributed by atoms with Gasteiger partial charge in [-0.05, 0) is 68.8 Å². The molecule has 2 N–H and O–H groups in total. The van der Waals surface area contributed by atoms with Crippen LogP contribution in [0.3, 0.4) is 0 Å². The van der Waals surface area contributed by atoms with E-state index in [1.165, 1.54) is 50.5 Å². The zero-order valence-corrected chi connectivity index (χ0v) is 15.4. The number of nitrogens with zero attached hydrogens (tertiary/aromatic N) is 1. The molecule has 0 spiro atoms. The Hall–Kier alpha value is -1.13. The molecule has 1 unspecified atom stereocenters. The first-order valence-corrected chi connectivity index (χ1v) is 10.1.